The molecule has 0 aliphatic carbocycles. The molecule has 88 valence electrons. The highest BCUT2D eigenvalue weighted by Crippen LogP contribution is 2.22. The molecule has 0 aromatic heterocycles. The van der Waals surface area contributed by atoms with Gasteiger partial charge in [-0.3, -0.25) is 4.90 Å². The van der Waals surface area contributed by atoms with E-state index in [0.29, 0.717) is 6.10 Å². The third-order valence-corrected chi connectivity index (χ3v) is 3.71. The normalized spacial score (nSPS) is 21.6. The van der Waals surface area contributed by atoms with Gasteiger partial charge in [-0.2, -0.15) is 0 Å². The molecule has 1 aromatic carbocycles. The minimum atomic E-state index is -0.202. The van der Waals surface area contributed by atoms with Crippen molar-refractivity contribution < 1.29 is 9.13 Å². The van der Waals surface area contributed by atoms with Gasteiger partial charge in [-0.15, -0.1) is 0 Å². The van der Waals surface area contributed by atoms with Crippen LogP contribution in [0.2, 0.25) is 0 Å². The van der Waals surface area contributed by atoms with Crippen LogP contribution in [0.3, 0.4) is 0 Å². The number of hydrogen-bond acceptors (Lipinski definition) is 2. The van der Waals surface area contributed by atoms with Gasteiger partial charge in [0.15, 0.2) is 0 Å². The topological polar surface area (TPSA) is 12.5 Å². The summed E-state index contributed by atoms with van der Waals surface area (Å²) in [7, 11) is 1.75. The van der Waals surface area contributed by atoms with Crippen LogP contribution < -0.4 is 0 Å². The number of rotatable bonds is 3. The van der Waals surface area contributed by atoms with E-state index in [-0.39, 0.29) is 5.82 Å². The van der Waals surface area contributed by atoms with Crippen LogP contribution in [0, 0.1) is 5.82 Å². The number of methoxy groups -OCH3 is 1. The quantitative estimate of drug-likeness (QED) is 0.848. The first-order valence-electron chi connectivity index (χ1n) is 5.38. The van der Waals surface area contributed by atoms with Crippen LogP contribution >= 0.6 is 15.9 Å². The maximum atomic E-state index is 12.9. The van der Waals surface area contributed by atoms with Gasteiger partial charge in [-0.1, -0.05) is 22.0 Å². The Hall–Kier alpha value is -0.450. The van der Waals surface area contributed by atoms with Crippen LogP contribution in [-0.4, -0.2) is 31.2 Å². The first kappa shape index (κ1) is 12.0. The summed E-state index contributed by atoms with van der Waals surface area (Å²) in [4.78, 5) is 2.33. The van der Waals surface area contributed by atoms with Crippen molar-refractivity contribution in [3.63, 3.8) is 0 Å². The molecule has 1 aliphatic heterocycles. The molecular weight excluding hydrogens is 273 g/mol. The van der Waals surface area contributed by atoms with Crippen LogP contribution in [0.25, 0.3) is 0 Å². The summed E-state index contributed by atoms with van der Waals surface area (Å²) in [5, 5.41) is 0. The molecule has 0 bridgehead atoms. The van der Waals surface area contributed by atoms with Crippen molar-refractivity contribution in [3.05, 3.63) is 34.1 Å². The standard InChI is InChI=1S/C12H15BrFNO/c1-16-11-4-5-15(8-11)7-9-2-3-10(14)6-12(9)13/h2-3,6,11H,4-5,7-8H2,1H3. The summed E-state index contributed by atoms with van der Waals surface area (Å²) in [5.74, 6) is -0.202. The molecule has 1 unspecified atom stereocenters. The van der Waals surface area contributed by atoms with Crippen LogP contribution in [0.1, 0.15) is 12.0 Å². The van der Waals surface area contributed by atoms with E-state index in [1.54, 1.807) is 7.11 Å². The third-order valence-electron chi connectivity index (χ3n) is 2.97. The van der Waals surface area contributed by atoms with E-state index < -0.39 is 0 Å². The lowest BCUT2D eigenvalue weighted by atomic mass is 10.2. The first-order valence-corrected chi connectivity index (χ1v) is 6.17. The lowest BCUT2D eigenvalue weighted by molar-refractivity contribution is 0.107. The predicted molar refractivity (Wildman–Crippen MR) is 64.8 cm³/mol. The van der Waals surface area contributed by atoms with Crippen molar-refractivity contribution in [1.29, 1.82) is 0 Å². The Morgan fingerprint density at radius 2 is 2.38 bits per heavy atom. The Balaban J connectivity index is 1.99. The number of ether oxygens (including phenoxy) is 1. The van der Waals surface area contributed by atoms with Gasteiger partial charge >= 0.3 is 0 Å². The number of hydrogen-bond donors (Lipinski definition) is 0. The molecule has 1 fully saturated rings. The SMILES string of the molecule is COC1CCN(Cc2ccc(F)cc2Br)C1. The smallest absolute Gasteiger partial charge is 0.124 e. The second-order valence-corrected chi connectivity index (χ2v) is 4.97. The fraction of sp³-hybridized carbons (Fsp3) is 0.500. The Kier molecular flexibility index (Phi) is 3.95. The van der Waals surface area contributed by atoms with Gasteiger partial charge in [-0.25, -0.2) is 4.39 Å². The molecule has 1 aromatic rings. The second-order valence-electron chi connectivity index (χ2n) is 4.12. The van der Waals surface area contributed by atoms with Gasteiger partial charge in [0, 0.05) is 31.2 Å². The van der Waals surface area contributed by atoms with Crippen molar-refractivity contribution in [2.24, 2.45) is 0 Å². The Labute approximate surface area is 104 Å². The summed E-state index contributed by atoms with van der Waals surface area (Å²) in [6.07, 6.45) is 1.43. The third kappa shape index (κ3) is 2.81. The maximum Gasteiger partial charge on any atom is 0.124 e. The monoisotopic (exact) mass is 287 g/mol. The fourth-order valence-electron chi connectivity index (χ4n) is 2.02. The molecule has 1 heterocycles. The van der Waals surface area contributed by atoms with E-state index in [1.807, 2.05) is 6.07 Å². The molecule has 0 saturated carbocycles. The average molecular weight is 288 g/mol. The van der Waals surface area contributed by atoms with E-state index in [2.05, 4.69) is 20.8 Å². The first-order chi connectivity index (χ1) is 7.69. The highest BCUT2D eigenvalue weighted by atomic mass is 79.9. The largest absolute Gasteiger partial charge is 0.380 e. The van der Waals surface area contributed by atoms with Crippen LogP contribution in [0.15, 0.2) is 22.7 Å². The Morgan fingerprint density at radius 3 is 3.00 bits per heavy atom. The van der Waals surface area contributed by atoms with Crippen molar-refractivity contribution >= 4 is 15.9 Å². The summed E-state index contributed by atoms with van der Waals surface area (Å²) >= 11 is 3.39. The van der Waals surface area contributed by atoms with Gasteiger partial charge < -0.3 is 4.74 Å². The van der Waals surface area contributed by atoms with E-state index >= 15 is 0 Å². The molecule has 0 N–H and O–H groups in total. The molecule has 2 nitrogen and oxygen atoms in total. The van der Waals surface area contributed by atoms with E-state index in [9.17, 15) is 4.39 Å². The number of benzene rings is 1. The molecule has 0 radical (unpaired) electrons. The Bertz CT molecular complexity index is 372. The maximum absolute atomic E-state index is 12.9. The minimum absolute atomic E-state index is 0.202. The molecule has 0 spiro atoms. The average Bonchev–Trinajstić information content (AvgIpc) is 2.70. The number of halogens is 2. The molecule has 1 saturated heterocycles. The van der Waals surface area contributed by atoms with Crippen LogP contribution in [-0.2, 0) is 11.3 Å². The van der Waals surface area contributed by atoms with Gasteiger partial charge in [0.1, 0.15) is 5.82 Å². The highest BCUT2D eigenvalue weighted by molar-refractivity contribution is 9.10. The predicted octanol–water partition coefficient (Wildman–Crippen LogP) is 2.81. The van der Waals surface area contributed by atoms with E-state index in [1.165, 1.54) is 12.1 Å². The molecule has 16 heavy (non-hydrogen) atoms. The second kappa shape index (κ2) is 5.25. The summed E-state index contributed by atoms with van der Waals surface area (Å²) in [6, 6.07) is 4.85. The van der Waals surface area contributed by atoms with Crippen molar-refractivity contribution in [3.8, 4) is 0 Å². The molecule has 0 amide bonds. The van der Waals surface area contributed by atoms with E-state index in [4.69, 9.17) is 4.74 Å². The zero-order chi connectivity index (χ0) is 11.5. The van der Waals surface area contributed by atoms with Crippen LogP contribution in [0.5, 0.6) is 0 Å². The Morgan fingerprint density at radius 1 is 1.56 bits per heavy atom. The van der Waals surface area contributed by atoms with Gasteiger partial charge in [0.25, 0.3) is 0 Å². The van der Waals surface area contributed by atoms with Gasteiger partial charge in [0.2, 0.25) is 0 Å². The lowest BCUT2D eigenvalue weighted by Gasteiger charge is -2.16. The molecule has 4 heteroatoms. The zero-order valence-corrected chi connectivity index (χ0v) is 10.8. The zero-order valence-electron chi connectivity index (χ0n) is 9.25. The number of nitrogens with zero attached hydrogens (tertiary/aromatic N) is 1. The van der Waals surface area contributed by atoms with Crippen molar-refractivity contribution in [2.45, 2.75) is 19.1 Å². The van der Waals surface area contributed by atoms with Gasteiger partial charge in [0.05, 0.1) is 6.10 Å². The molecule has 1 atom stereocenters. The van der Waals surface area contributed by atoms with Crippen molar-refractivity contribution in [1.82, 2.24) is 4.90 Å². The van der Waals surface area contributed by atoms with Crippen LogP contribution in [0.4, 0.5) is 4.39 Å². The van der Waals surface area contributed by atoms with Gasteiger partial charge in [-0.05, 0) is 24.1 Å². The highest BCUT2D eigenvalue weighted by Gasteiger charge is 2.22. The van der Waals surface area contributed by atoms with Crippen molar-refractivity contribution in [2.75, 3.05) is 20.2 Å². The lowest BCUT2D eigenvalue weighted by Crippen LogP contribution is -2.22. The number of likely N-dealkylation sites (tertiary alicyclic amines) is 1. The van der Waals surface area contributed by atoms with E-state index in [0.717, 1.165) is 36.1 Å². The summed E-state index contributed by atoms with van der Waals surface area (Å²) in [6.45, 7) is 2.85. The minimum Gasteiger partial charge on any atom is -0.380 e. The molecular formula is C12H15BrFNO. The summed E-state index contributed by atoms with van der Waals surface area (Å²) in [5.41, 5.74) is 1.12. The fourth-order valence-corrected chi connectivity index (χ4v) is 2.50. The molecule has 1 aliphatic rings. The molecule has 2 rings (SSSR count). The summed E-state index contributed by atoms with van der Waals surface area (Å²) < 4.78 is 19.1.